The van der Waals surface area contributed by atoms with Gasteiger partial charge in [0.2, 0.25) is 0 Å². The minimum absolute atomic E-state index is 0.0783. The van der Waals surface area contributed by atoms with Crippen LogP contribution < -0.4 is 0 Å². The lowest BCUT2D eigenvalue weighted by atomic mass is 9.86. The van der Waals surface area contributed by atoms with Crippen molar-refractivity contribution in [3.63, 3.8) is 0 Å². The van der Waals surface area contributed by atoms with E-state index in [-0.39, 0.29) is 12.0 Å². The van der Waals surface area contributed by atoms with Crippen molar-refractivity contribution < 1.29 is 5.11 Å². The normalized spacial score (nSPS) is 23.6. The zero-order valence-corrected chi connectivity index (χ0v) is 11.6. The average Bonchev–Trinajstić information content (AvgIpc) is 2.48. The van der Waals surface area contributed by atoms with Crippen LogP contribution in [-0.2, 0) is 0 Å². The molecule has 0 aromatic heterocycles. The summed E-state index contributed by atoms with van der Waals surface area (Å²) in [5, 5.41) is 21.7. The molecule has 3 heteroatoms. The second-order valence-electron chi connectivity index (χ2n) is 5.57. The van der Waals surface area contributed by atoms with Gasteiger partial charge < -0.3 is 5.11 Å². The van der Waals surface area contributed by atoms with Gasteiger partial charge in [0.05, 0.1) is 6.07 Å². The summed E-state index contributed by atoms with van der Waals surface area (Å²) in [6, 6.07) is 14.3. The van der Waals surface area contributed by atoms with E-state index in [1.807, 2.05) is 24.3 Å². The lowest BCUT2D eigenvalue weighted by Crippen LogP contribution is -2.33. The number of phenols is 1. The molecule has 1 heterocycles. The monoisotopic (exact) mass is 266 g/mol. The molecule has 3 rings (SSSR count). The van der Waals surface area contributed by atoms with Crippen LogP contribution in [0.5, 0.6) is 5.75 Å². The summed E-state index contributed by atoms with van der Waals surface area (Å²) in [4.78, 5) is 2.25. The van der Waals surface area contributed by atoms with Crippen molar-refractivity contribution in [1.29, 1.82) is 5.26 Å². The molecule has 0 bridgehead atoms. The van der Waals surface area contributed by atoms with E-state index in [4.69, 9.17) is 0 Å². The molecule has 2 atom stereocenters. The standard InChI is InChI=1S/C17H18N2O/c1-19-9-8-12(11-18)10-15(19)17-14-5-3-2-4-13(14)6-7-16(17)20/h2-7,12,15,20H,8-10H2,1H3. The van der Waals surface area contributed by atoms with Crippen molar-refractivity contribution >= 4 is 10.8 Å². The third kappa shape index (κ3) is 2.13. The van der Waals surface area contributed by atoms with Gasteiger partial charge in [-0.05, 0) is 43.3 Å². The molecule has 20 heavy (non-hydrogen) atoms. The SMILES string of the molecule is CN1CCC(C#N)CC1c1c(O)ccc2ccccc12. The minimum atomic E-state index is 0.0783. The minimum Gasteiger partial charge on any atom is -0.508 e. The molecule has 1 aliphatic rings. The number of phenolic OH excluding ortho intramolecular Hbond substituents is 1. The Balaban J connectivity index is 2.13. The summed E-state index contributed by atoms with van der Waals surface area (Å²) in [7, 11) is 2.07. The average molecular weight is 266 g/mol. The molecule has 2 aromatic carbocycles. The van der Waals surface area contributed by atoms with Gasteiger partial charge in [0.25, 0.3) is 0 Å². The van der Waals surface area contributed by atoms with Crippen LogP contribution in [0, 0.1) is 17.2 Å². The number of fused-ring (bicyclic) bond motifs is 1. The van der Waals surface area contributed by atoms with Gasteiger partial charge in [0.15, 0.2) is 0 Å². The number of nitriles is 1. The van der Waals surface area contributed by atoms with E-state index in [1.165, 1.54) is 0 Å². The quantitative estimate of drug-likeness (QED) is 0.860. The van der Waals surface area contributed by atoms with Gasteiger partial charge in [0.1, 0.15) is 5.75 Å². The molecule has 0 spiro atoms. The third-order valence-corrected chi connectivity index (χ3v) is 4.33. The van der Waals surface area contributed by atoms with Crippen molar-refractivity contribution in [3.8, 4) is 11.8 Å². The zero-order chi connectivity index (χ0) is 14.1. The van der Waals surface area contributed by atoms with E-state index >= 15 is 0 Å². The molecule has 2 unspecified atom stereocenters. The van der Waals surface area contributed by atoms with Crippen LogP contribution in [-0.4, -0.2) is 23.6 Å². The Labute approximate surface area is 119 Å². The largest absolute Gasteiger partial charge is 0.508 e. The summed E-state index contributed by atoms with van der Waals surface area (Å²) in [5.74, 6) is 0.411. The van der Waals surface area contributed by atoms with Gasteiger partial charge in [-0.1, -0.05) is 30.3 Å². The molecule has 1 fully saturated rings. The van der Waals surface area contributed by atoms with E-state index in [2.05, 4.69) is 24.1 Å². The van der Waals surface area contributed by atoms with Crippen LogP contribution in [0.1, 0.15) is 24.4 Å². The summed E-state index contributed by atoms with van der Waals surface area (Å²) in [5.41, 5.74) is 0.963. The zero-order valence-electron chi connectivity index (χ0n) is 11.6. The van der Waals surface area contributed by atoms with E-state index in [0.717, 1.165) is 35.7 Å². The van der Waals surface area contributed by atoms with Crippen molar-refractivity contribution in [3.05, 3.63) is 42.0 Å². The predicted molar refractivity (Wildman–Crippen MR) is 79.3 cm³/mol. The van der Waals surface area contributed by atoms with Gasteiger partial charge >= 0.3 is 0 Å². The molecular formula is C17H18N2O. The Morgan fingerprint density at radius 2 is 2.05 bits per heavy atom. The lowest BCUT2D eigenvalue weighted by molar-refractivity contribution is 0.161. The maximum Gasteiger partial charge on any atom is 0.121 e. The van der Waals surface area contributed by atoms with Crippen molar-refractivity contribution in [1.82, 2.24) is 4.90 Å². The lowest BCUT2D eigenvalue weighted by Gasteiger charge is -2.36. The van der Waals surface area contributed by atoms with E-state index in [1.54, 1.807) is 6.07 Å². The third-order valence-electron chi connectivity index (χ3n) is 4.33. The fraction of sp³-hybridized carbons (Fsp3) is 0.353. The molecule has 2 aromatic rings. The Bertz CT molecular complexity index is 674. The molecular weight excluding hydrogens is 248 g/mol. The van der Waals surface area contributed by atoms with Crippen LogP contribution in [0.2, 0.25) is 0 Å². The predicted octanol–water partition coefficient (Wildman–Crippen LogP) is 3.45. The number of aromatic hydroxyl groups is 1. The Morgan fingerprint density at radius 3 is 2.85 bits per heavy atom. The molecule has 102 valence electrons. The maximum absolute atomic E-state index is 10.3. The second-order valence-corrected chi connectivity index (χ2v) is 5.57. The number of hydrogen-bond acceptors (Lipinski definition) is 3. The van der Waals surface area contributed by atoms with Gasteiger partial charge in [-0.3, -0.25) is 4.90 Å². The van der Waals surface area contributed by atoms with E-state index in [9.17, 15) is 10.4 Å². The summed E-state index contributed by atoms with van der Waals surface area (Å²) in [6.07, 6.45) is 1.70. The van der Waals surface area contributed by atoms with Crippen LogP contribution in [0.3, 0.4) is 0 Å². The Kier molecular flexibility index (Phi) is 3.33. The number of hydrogen-bond donors (Lipinski definition) is 1. The fourth-order valence-corrected chi connectivity index (χ4v) is 3.17. The van der Waals surface area contributed by atoms with Gasteiger partial charge in [-0.15, -0.1) is 0 Å². The van der Waals surface area contributed by atoms with Gasteiger partial charge in [0, 0.05) is 17.5 Å². The van der Waals surface area contributed by atoms with Crippen LogP contribution in [0.25, 0.3) is 10.8 Å². The maximum atomic E-state index is 10.3. The molecule has 1 aliphatic heterocycles. The topological polar surface area (TPSA) is 47.3 Å². The van der Waals surface area contributed by atoms with Crippen molar-refractivity contribution in [2.24, 2.45) is 5.92 Å². The first-order valence-electron chi connectivity index (χ1n) is 7.01. The first kappa shape index (κ1) is 13.0. The van der Waals surface area contributed by atoms with Crippen molar-refractivity contribution in [2.75, 3.05) is 13.6 Å². The number of nitrogens with zero attached hydrogens (tertiary/aromatic N) is 2. The summed E-state index contributed by atoms with van der Waals surface area (Å²) < 4.78 is 0. The van der Waals surface area contributed by atoms with Gasteiger partial charge in [-0.25, -0.2) is 0 Å². The molecule has 0 radical (unpaired) electrons. The number of piperidine rings is 1. The highest BCUT2D eigenvalue weighted by Gasteiger charge is 2.30. The molecule has 0 aliphatic carbocycles. The summed E-state index contributed by atoms with van der Waals surface area (Å²) in [6.45, 7) is 0.894. The Hall–Kier alpha value is -2.05. The highest BCUT2D eigenvalue weighted by atomic mass is 16.3. The number of rotatable bonds is 1. The van der Waals surface area contributed by atoms with E-state index < -0.39 is 0 Å². The number of benzene rings is 2. The molecule has 0 saturated carbocycles. The molecule has 0 amide bonds. The number of likely N-dealkylation sites (tertiary alicyclic amines) is 1. The summed E-state index contributed by atoms with van der Waals surface area (Å²) >= 11 is 0. The van der Waals surface area contributed by atoms with Gasteiger partial charge in [-0.2, -0.15) is 5.26 Å². The first-order chi connectivity index (χ1) is 9.70. The highest BCUT2D eigenvalue weighted by molar-refractivity contribution is 5.88. The van der Waals surface area contributed by atoms with Crippen LogP contribution in [0.4, 0.5) is 0 Å². The van der Waals surface area contributed by atoms with Crippen LogP contribution in [0.15, 0.2) is 36.4 Å². The van der Waals surface area contributed by atoms with Crippen molar-refractivity contribution in [2.45, 2.75) is 18.9 Å². The highest BCUT2D eigenvalue weighted by Crippen LogP contribution is 2.40. The Morgan fingerprint density at radius 1 is 1.25 bits per heavy atom. The molecule has 1 saturated heterocycles. The fourth-order valence-electron chi connectivity index (χ4n) is 3.17. The van der Waals surface area contributed by atoms with E-state index in [0.29, 0.717) is 5.75 Å². The second kappa shape index (κ2) is 5.15. The smallest absolute Gasteiger partial charge is 0.121 e. The molecule has 1 N–H and O–H groups in total. The molecule has 3 nitrogen and oxygen atoms in total. The van der Waals surface area contributed by atoms with Crippen LogP contribution >= 0.6 is 0 Å². The first-order valence-corrected chi connectivity index (χ1v) is 7.01.